The van der Waals surface area contributed by atoms with Gasteiger partial charge < -0.3 is 15.2 Å². The number of hydrogen-bond acceptors (Lipinski definition) is 4. The van der Waals surface area contributed by atoms with Crippen LogP contribution in [0.3, 0.4) is 0 Å². The Morgan fingerprint density at radius 2 is 1.94 bits per heavy atom. The number of ketones is 1. The van der Waals surface area contributed by atoms with E-state index in [0.717, 1.165) is 0 Å². The van der Waals surface area contributed by atoms with Gasteiger partial charge in [-0.1, -0.05) is 0 Å². The molecule has 0 aliphatic heterocycles. The SMILES string of the molecule is COc1ccc(N[C@@H](CC(C)=O)C(=O)O)cc1. The summed E-state index contributed by atoms with van der Waals surface area (Å²) in [5.41, 5.74) is 0.638. The maximum Gasteiger partial charge on any atom is 0.326 e. The van der Waals surface area contributed by atoms with Crippen molar-refractivity contribution in [3.05, 3.63) is 24.3 Å². The molecule has 0 saturated heterocycles. The van der Waals surface area contributed by atoms with Gasteiger partial charge in [-0.3, -0.25) is 4.79 Å². The summed E-state index contributed by atoms with van der Waals surface area (Å²) in [6.07, 6.45) is -0.0403. The predicted molar refractivity (Wildman–Crippen MR) is 63.3 cm³/mol. The highest BCUT2D eigenvalue weighted by Crippen LogP contribution is 2.16. The maximum atomic E-state index is 10.9. The summed E-state index contributed by atoms with van der Waals surface area (Å²) in [5, 5.41) is 11.7. The molecule has 5 nitrogen and oxygen atoms in total. The molecule has 1 atom stereocenters. The zero-order valence-electron chi connectivity index (χ0n) is 9.77. The first-order valence-corrected chi connectivity index (χ1v) is 5.15. The highest BCUT2D eigenvalue weighted by molar-refractivity contribution is 5.86. The number of carbonyl (C=O) groups is 2. The van der Waals surface area contributed by atoms with Crippen molar-refractivity contribution in [3.63, 3.8) is 0 Å². The first kappa shape index (κ1) is 13.0. The quantitative estimate of drug-likeness (QED) is 0.784. The number of anilines is 1. The second kappa shape index (κ2) is 5.89. The summed E-state index contributed by atoms with van der Waals surface area (Å²) in [4.78, 5) is 21.8. The lowest BCUT2D eigenvalue weighted by atomic mass is 10.1. The van der Waals surface area contributed by atoms with Gasteiger partial charge in [0.25, 0.3) is 0 Å². The van der Waals surface area contributed by atoms with E-state index in [1.54, 1.807) is 31.4 Å². The topological polar surface area (TPSA) is 75.6 Å². The van der Waals surface area contributed by atoms with Gasteiger partial charge in [-0.25, -0.2) is 4.79 Å². The summed E-state index contributed by atoms with van der Waals surface area (Å²) in [5.74, 6) is -0.525. The van der Waals surface area contributed by atoms with Gasteiger partial charge in [0.05, 0.1) is 7.11 Å². The molecule has 1 aromatic carbocycles. The van der Waals surface area contributed by atoms with Gasteiger partial charge in [-0.05, 0) is 31.2 Å². The molecule has 0 bridgehead atoms. The molecule has 0 aliphatic carbocycles. The number of carbonyl (C=O) groups excluding carboxylic acids is 1. The van der Waals surface area contributed by atoms with Gasteiger partial charge in [0.15, 0.2) is 0 Å². The molecule has 92 valence electrons. The Balaban J connectivity index is 2.71. The Kier molecular flexibility index (Phi) is 4.51. The molecule has 0 amide bonds. The smallest absolute Gasteiger partial charge is 0.326 e. The van der Waals surface area contributed by atoms with Crippen molar-refractivity contribution in [3.8, 4) is 5.75 Å². The fourth-order valence-corrected chi connectivity index (χ4v) is 1.38. The minimum absolute atomic E-state index is 0.0403. The number of ether oxygens (including phenoxy) is 1. The monoisotopic (exact) mass is 237 g/mol. The Labute approximate surface area is 99.4 Å². The molecular formula is C12H15NO4. The van der Waals surface area contributed by atoms with Crippen LogP contribution < -0.4 is 10.1 Å². The number of rotatable bonds is 6. The summed E-state index contributed by atoms with van der Waals surface area (Å²) < 4.78 is 4.99. The van der Waals surface area contributed by atoms with E-state index in [1.165, 1.54) is 6.92 Å². The second-order valence-corrected chi connectivity index (χ2v) is 3.67. The van der Waals surface area contributed by atoms with Crippen LogP contribution in [-0.4, -0.2) is 30.0 Å². The Morgan fingerprint density at radius 1 is 1.35 bits per heavy atom. The van der Waals surface area contributed by atoms with Crippen molar-refractivity contribution >= 4 is 17.4 Å². The van der Waals surface area contributed by atoms with E-state index >= 15 is 0 Å². The third-order valence-corrected chi connectivity index (χ3v) is 2.22. The third-order valence-electron chi connectivity index (χ3n) is 2.22. The van der Waals surface area contributed by atoms with Crippen LogP contribution >= 0.6 is 0 Å². The maximum absolute atomic E-state index is 10.9. The van der Waals surface area contributed by atoms with E-state index in [0.29, 0.717) is 11.4 Å². The van der Waals surface area contributed by atoms with Crippen molar-refractivity contribution in [1.82, 2.24) is 0 Å². The Morgan fingerprint density at radius 3 is 2.35 bits per heavy atom. The van der Waals surface area contributed by atoms with Crippen molar-refractivity contribution in [2.45, 2.75) is 19.4 Å². The fourth-order valence-electron chi connectivity index (χ4n) is 1.38. The van der Waals surface area contributed by atoms with Crippen LogP contribution in [0.2, 0.25) is 0 Å². The lowest BCUT2D eigenvalue weighted by molar-refractivity contribution is -0.139. The molecule has 0 heterocycles. The van der Waals surface area contributed by atoms with E-state index in [1.807, 2.05) is 0 Å². The molecule has 0 unspecified atom stereocenters. The van der Waals surface area contributed by atoms with E-state index in [9.17, 15) is 9.59 Å². The van der Waals surface area contributed by atoms with Crippen LogP contribution in [0, 0.1) is 0 Å². The Hall–Kier alpha value is -2.04. The lowest BCUT2D eigenvalue weighted by Crippen LogP contribution is -2.31. The zero-order valence-corrected chi connectivity index (χ0v) is 9.77. The number of benzene rings is 1. The first-order chi connectivity index (χ1) is 8.02. The minimum atomic E-state index is -1.05. The average molecular weight is 237 g/mol. The minimum Gasteiger partial charge on any atom is -0.497 e. The summed E-state index contributed by atoms with van der Waals surface area (Å²) >= 11 is 0. The molecule has 1 aromatic rings. The van der Waals surface area contributed by atoms with E-state index < -0.39 is 12.0 Å². The second-order valence-electron chi connectivity index (χ2n) is 3.67. The van der Waals surface area contributed by atoms with Gasteiger partial charge in [0.1, 0.15) is 17.6 Å². The molecule has 2 N–H and O–H groups in total. The van der Waals surface area contributed by atoms with Gasteiger partial charge >= 0.3 is 5.97 Å². The number of carboxylic acid groups (broad SMARTS) is 1. The highest BCUT2D eigenvalue weighted by atomic mass is 16.5. The lowest BCUT2D eigenvalue weighted by Gasteiger charge is -2.14. The standard InChI is InChI=1S/C12H15NO4/c1-8(14)7-11(12(15)16)13-9-3-5-10(17-2)6-4-9/h3-6,11,13H,7H2,1-2H3,(H,15,16)/t11-/m0/s1. The molecular weight excluding hydrogens is 222 g/mol. The van der Waals surface area contributed by atoms with Crippen molar-refractivity contribution < 1.29 is 19.4 Å². The molecule has 0 aliphatic rings. The summed E-state index contributed by atoms with van der Waals surface area (Å²) in [6, 6.07) is 5.94. The molecule has 0 aromatic heterocycles. The number of carboxylic acids is 1. The summed E-state index contributed by atoms with van der Waals surface area (Å²) in [7, 11) is 1.55. The normalized spacial score (nSPS) is 11.6. The van der Waals surface area contributed by atoms with Crippen LogP contribution in [-0.2, 0) is 9.59 Å². The fraction of sp³-hybridized carbons (Fsp3) is 0.333. The van der Waals surface area contributed by atoms with E-state index in [-0.39, 0.29) is 12.2 Å². The van der Waals surface area contributed by atoms with Gasteiger partial charge in [-0.15, -0.1) is 0 Å². The molecule has 0 radical (unpaired) electrons. The molecule has 0 fully saturated rings. The molecule has 5 heteroatoms. The van der Waals surface area contributed by atoms with Crippen molar-refractivity contribution in [2.75, 3.05) is 12.4 Å². The predicted octanol–water partition coefficient (Wildman–Crippen LogP) is 1.54. The van der Waals surface area contributed by atoms with Crippen LogP contribution in [0.1, 0.15) is 13.3 Å². The number of aliphatic carboxylic acids is 1. The molecule has 0 spiro atoms. The Bertz CT molecular complexity index is 399. The average Bonchev–Trinajstić information content (AvgIpc) is 2.28. The van der Waals surface area contributed by atoms with E-state index in [4.69, 9.17) is 9.84 Å². The van der Waals surface area contributed by atoms with Crippen LogP contribution in [0.5, 0.6) is 5.75 Å². The van der Waals surface area contributed by atoms with Crippen molar-refractivity contribution in [2.24, 2.45) is 0 Å². The van der Waals surface area contributed by atoms with Crippen LogP contribution in [0.15, 0.2) is 24.3 Å². The number of hydrogen-bond donors (Lipinski definition) is 2. The molecule has 1 rings (SSSR count). The summed E-state index contributed by atoms with van der Waals surface area (Å²) in [6.45, 7) is 1.37. The van der Waals surface area contributed by atoms with Crippen LogP contribution in [0.4, 0.5) is 5.69 Å². The first-order valence-electron chi connectivity index (χ1n) is 5.15. The largest absolute Gasteiger partial charge is 0.497 e. The number of methoxy groups -OCH3 is 1. The van der Waals surface area contributed by atoms with Gasteiger partial charge in [0.2, 0.25) is 0 Å². The van der Waals surface area contributed by atoms with Crippen molar-refractivity contribution in [1.29, 1.82) is 0 Å². The highest BCUT2D eigenvalue weighted by Gasteiger charge is 2.18. The molecule has 17 heavy (non-hydrogen) atoms. The van der Waals surface area contributed by atoms with Gasteiger partial charge in [-0.2, -0.15) is 0 Å². The van der Waals surface area contributed by atoms with E-state index in [2.05, 4.69) is 5.32 Å². The number of Topliss-reactive ketones (excluding diaryl/α,β-unsaturated/α-hetero) is 1. The molecule has 0 saturated carbocycles. The zero-order chi connectivity index (χ0) is 12.8. The third kappa shape index (κ3) is 4.14. The van der Waals surface area contributed by atoms with Crippen LogP contribution in [0.25, 0.3) is 0 Å². The van der Waals surface area contributed by atoms with Gasteiger partial charge in [0, 0.05) is 12.1 Å². The number of nitrogens with one attached hydrogen (secondary N) is 1.